The zero-order valence-corrected chi connectivity index (χ0v) is 8.47. The molecule has 0 aromatic carbocycles. The summed E-state index contributed by atoms with van der Waals surface area (Å²) in [7, 11) is 0. The third-order valence-electron chi connectivity index (χ3n) is 1.60. The smallest absolute Gasteiger partial charge is 0.131 e. The fourth-order valence-electron chi connectivity index (χ4n) is 1.09. The van der Waals surface area contributed by atoms with Crippen LogP contribution in [0.3, 0.4) is 0 Å². The highest BCUT2D eigenvalue weighted by atomic mass is 35.5. The van der Waals surface area contributed by atoms with Crippen LogP contribution in [-0.2, 0) is 6.42 Å². The quantitative estimate of drug-likeness (QED) is 0.714. The van der Waals surface area contributed by atoms with E-state index in [1.54, 1.807) is 26.0 Å². The van der Waals surface area contributed by atoms with Crippen LogP contribution in [0.5, 0.6) is 0 Å². The molecule has 0 aliphatic rings. The van der Waals surface area contributed by atoms with Crippen LogP contribution in [-0.4, -0.2) is 15.7 Å². The van der Waals surface area contributed by atoms with Gasteiger partial charge in [-0.05, 0) is 25.5 Å². The summed E-state index contributed by atoms with van der Waals surface area (Å²) in [5.74, 6) is 0.384. The number of rotatable bonds is 2. The Labute approximate surface area is 82.5 Å². The number of aromatic nitrogens is 1. The lowest BCUT2D eigenvalue weighted by Crippen LogP contribution is -2.22. The van der Waals surface area contributed by atoms with Crippen LogP contribution in [0.15, 0.2) is 12.1 Å². The van der Waals surface area contributed by atoms with Crippen molar-refractivity contribution in [1.29, 1.82) is 0 Å². The first-order chi connectivity index (χ1) is 5.88. The van der Waals surface area contributed by atoms with Gasteiger partial charge < -0.3 is 10.8 Å². The molecule has 0 atom stereocenters. The fraction of sp³-hybridized carbons (Fsp3) is 0.444. The molecule has 0 saturated carbocycles. The van der Waals surface area contributed by atoms with Crippen molar-refractivity contribution in [3.8, 4) is 0 Å². The summed E-state index contributed by atoms with van der Waals surface area (Å²) in [5.41, 5.74) is 5.66. The van der Waals surface area contributed by atoms with Crippen LogP contribution in [0.25, 0.3) is 0 Å². The Morgan fingerprint density at radius 2 is 2.15 bits per heavy atom. The largest absolute Gasteiger partial charge is 0.390 e. The minimum atomic E-state index is -0.774. The van der Waals surface area contributed by atoms with Gasteiger partial charge in [0.25, 0.3) is 0 Å². The molecule has 1 rings (SSSR count). The van der Waals surface area contributed by atoms with Gasteiger partial charge in [0.05, 0.1) is 5.60 Å². The van der Waals surface area contributed by atoms with Gasteiger partial charge in [0, 0.05) is 6.42 Å². The van der Waals surface area contributed by atoms with Crippen LogP contribution in [0, 0.1) is 0 Å². The second-order valence-corrected chi connectivity index (χ2v) is 4.05. The number of anilines is 1. The molecule has 0 unspecified atom stereocenters. The molecule has 3 nitrogen and oxygen atoms in total. The predicted octanol–water partition coefficient (Wildman–Crippen LogP) is 1.63. The van der Waals surface area contributed by atoms with E-state index < -0.39 is 5.60 Å². The molecule has 0 bridgehead atoms. The summed E-state index contributed by atoms with van der Waals surface area (Å²) < 4.78 is 0. The Balaban J connectivity index is 2.90. The van der Waals surface area contributed by atoms with Crippen LogP contribution >= 0.6 is 11.6 Å². The summed E-state index contributed by atoms with van der Waals surface area (Å²) in [6.45, 7) is 3.45. The first kappa shape index (κ1) is 10.3. The zero-order chi connectivity index (χ0) is 10.1. The van der Waals surface area contributed by atoms with E-state index in [4.69, 9.17) is 17.3 Å². The van der Waals surface area contributed by atoms with Crippen molar-refractivity contribution in [3.63, 3.8) is 0 Å². The minimum Gasteiger partial charge on any atom is -0.390 e. The summed E-state index contributed by atoms with van der Waals surface area (Å²) in [6.07, 6.45) is 0.475. The minimum absolute atomic E-state index is 0.372. The lowest BCUT2D eigenvalue weighted by atomic mass is 9.99. The van der Waals surface area contributed by atoms with Gasteiger partial charge in [-0.15, -0.1) is 0 Å². The summed E-state index contributed by atoms with van der Waals surface area (Å²) in [6, 6.07) is 3.45. The molecular formula is C9H13ClN2O. The van der Waals surface area contributed by atoms with Gasteiger partial charge in [0.1, 0.15) is 11.0 Å². The van der Waals surface area contributed by atoms with E-state index in [0.29, 0.717) is 17.4 Å². The summed E-state index contributed by atoms with van der Waals surface area (Å²) in [5, 5.41) is 9.92. The number of nitrogens with two attached hydrogens (primary N) is 1. The zero-order valence-electron chi connectivity index (χ0n) is 7.71. The molecule has 0 amide bonds. The van der Waals surface area contributed by atoms with E-state index in [9.17, 15) is 5.11 Å². The van der Waals surface area contributed by atoms with Crippen molar-refractivity contribution in [2.24, 2.45) is 0 Å². The third-order valence-corrected chi connectivity index (χ3v) is 1.81. The SMILES string of the molecule is CC(C)(O)Cc1ccc(Cl)nc1N. The van der Waals surface area contributed by atoms with Crippen molar-refractivity contribution in [2.45, 2.75) is 25.9 Å². The molecule has 0 aliphatic heterocycles. The Bertz CT molecular complexity index is 307. The Hall–Kier alpha value is -0.800. The van der Waals surface area contributed by atoms with Crippen LogP contribution in [0.2, 0.25) is 5.15 Å². The Kier molecular flexibility index (Phi) is 2.78. The first-order valence-electron chi connectivity index (χ1n) is 4.02. The number of nitrogen functional groups attached to an aromatic ring is 1. The van der Waals surface area contributed by atoms with E-state index in [2.05, 4.69) is 4.98 Å². The van der Waals surface area contributed by atoms with Crippen molar-refractivity contribution >= 4 is 17.4 Å². The highest BCUT2D eigenvalue weighted by Gasteiger charge is 2.15. The van der Waals surface area contributed by atoms with Crippen LogP contribution in [0.4, 0.5) is 5.82 Å². The highest BCUT2D eigenvalue weighted by Crippen LogP contribution is 2.18. The molecule has 1 aromatic heterocycles. The number of nitrogens with zero attached hydrogens (tertiary/aromatic N) is 1. The first-order valence-corrected chi connectivity index (χ1v) is 4.39. The van der Waals surface area contributed by atoms with Crippen molar-refractivity contribution < 1.29 is 5.11 Å². The molecule has 0 fully saturated rings. The monoisotopic (exact) mass is 200 g/mol. The molecule has 0 spiro atoms. The number of aliphatic hydroxyl groups is 1. The lowest BCUT2D eigenvalue weighted by Gasteiger charge is -2.17. The number of hydrogen-bond acceptors (Lipinski definition) is 3. The van der Waals surface area contributed by atoms with Crippen LogP contribution < -0.4 is 5.73 Å². The maximum atomic E-state index is 9.55. The highest BCUT2D eigenvalue weighted by molar-refractivity contribution is 6.29. The maximum absolute atomic E-state index is 9.55. The van der Waals surface area contributed by atoms with Crippen molar-refractivity contribution in [2.75, 3.05) is 5.73 Å². The van der Waals surface area contributed by atoms with Crippen molar-refractivity contribution in [1.82, 2.24) is 4.98 Å². The molecule has 4 heteroatoms. The average Bonchev–Trinajstić information content (AvgIpc) is 1.93. The average molecular weight is 201 g/mol. The van der Waals surface area contributed by atoms with Crippen molar-refractivity contribution in [3.05, 3.63) is 22.8 Å². The van der Waals surface area contributed by atoms with E-state index >= 15 is 0 Å². The molecule has 72 valence electrons. The summed E-state index contributed by atoms with van der Waals surface area (Å²) >= 11 is 5.63. The standard InChI is InChI=1S/C9H13ClN2O/c1-9(2,13)5-6-3-4-7(10)12-8(6)11/h3-4,13H,5H2,1-2H3,(H2,11,12). The molecule has 1 aromatic rings. The van der Waals surface area contributed by atoms with Gasteiger partial charge in [-0.25, -0.2) is 4.98 Å². The number of halogens is 1. The molecule has 0 aliphatic carbocycles. The van der Waals surface area contributed by atoms with Gasteiger partial charge in [-0.3, -0.25) is 0 Å². The lowest BCUT2D eigenvalue weighted by molar-refractivity contribution is 0.0811. The predicted molar refractivity (Wildman–Crippen MR) is 53.7 cm³/mol. The Morgan fingerprint density at radius 1 is 1.54 bits per heavy atom. The van der Waals surface area contributed by atoms with Gasteiger partial charge >= 0.3 is 0 Å². The second kappa shape index (κ2) is 3.52. The van der Waals surface area contributed by atoms with E-state index in [-0.39, 0.29) is 0 Å². The maximum Gasteiger partial charge on any atom is 0.131 e. The van der Waals surface area contributed by atoms with E-state index in [0.717, 1.165) is 5.56 Å². The third kappa shape index (κ3) is 3.20. The second-order valence-electron chi connectivity index (χ2n) is 3.67. The van der Waals surface area contributed by atoms with Gasteiger partial charge in [0.15, 0.2) is 0 Å². The topological polar surface area (TPSA) is 59.1 Å². The van der Waals surface area contributed by atoms with Gasteiger partial charge in [-0.2, -0.15) is 0 Å². The molecule has 0 saturated heterocycles. The Morgan fingerprint density at radius 3 is 2.62 bits per heavy atom. The van der Waals surface area contributed by atoms with Gasteiger partial charge in [-0.1, -0.05) is 17.7 Å². The van der Waals surface area contributed by atoms with E-state index in [1.807, 2.05) is 0 Å². The normalized spacial score (nSPS) is 11.7. The molecule has 0 radical (unpaired) electrons. The van der Waals surface area contributed by atoms with E-state index in [1.165, 1.54) is 0 Å². The fourth-order valence-corrected chi connectivity index (χ4v) is 1.25. The van der Waals surface area contributed by atoms with Gasteiger partial charge in [0.2, 0.25) is 0 Å². The molecule has 3 N–H and O–H groups in total. The number of pyridine rings is 1. The molecular weight excluding hydrogens is 188 g/mol. The number of hydrogen-bond donors (Lipinski definition) is 2. The summed E-state index contributed by atoms with van der Waals surface area (Å²) in [4.78, 5) is 3.89. The van der Waals surface area contributed by atoms with Crippen LogP contribution in [0.1, 0.15) is 19.4 Å². The molecule has 13 heavy (non-hydrogen) atoms. The molecule has 1 heterocycles.